The van der Waals surface area contributed by atoms with Crippen molar-refractivity contribution >= 4 is 18.1 Å². The number of rotatable bonds is 8. The fourth-order valence-electron chi connectivity index (χ4n) is 2.82. The minimum Gasteiger partial charge on any atom is -0.490 e. The molecule has 0 saturated heterocycles. The van der Waals surface area contributed by atoms with Crippen molar-refractivity contribution in [2.45, 2.75) is 26.7 Å². The van der Waals surface area contributed by atoms with E-state index >= 15 is 0 Å². The second-order valence-corrected chi connectivity index (χ2v) is 6.71. The number of nitrogens with zero attached hydrogens (tertiary/aromatic N) is 1. The summed E-state index contributed by atoms with van der Waals surface area (Å²) in [4.78, 5) is 16.3. The largest absolute Gasteiger partial charge is 0.490 e. The van der Waals surface area contributed by atoms with Crippen LogP contribution >= 0.6 is 0 Å². The number of esters is 1. The summed E-state index contributed by atoms with van der Waals surface area (Å²) >= 11 is 0. The predicted octanol–water partition coefficient (Wildman–Crippen LogP) is 5.50. The molecule has 2 aromatic carbocycles. The highest BCUT2D eigenvalue weighted by Gasteiger charge is 2.11. The molecular formula is C25H25NO3. The van der Waals surface area contributed by atoms with Crippen molar-refractivity contribution in [3.8, 4) is 11.5 Å². The Kier molecular flexibility index (Phi) is 7.17. The van der Waals surface area contributed by atoms with E-state index in [1.54, 1.807) is 18.5 Å². The molecule has 4 heteroatoms. The average Bonchev–Trinajstić information content (AvgIpc) is 2.74. The first-order valence-corrected chi connectivity index (χ1v) is 9.75. The van der Waals surface area contributed by atoms with Gasteiger partial charge in [-0.3, -0.25) is 9.78 Å². The van der Waals surface area contributed by atoms with Crippen LogP contribution in [-0.4, -0.2) is 17.6 Å². The molecule has 0 atom stereocenters. The highest BCUT2D eigenvalue weighted by atomic mass is 16.6. The van der Waals surface area contributed by atoms with Gasteiger partial charge < -0.3 is 9.47 Å². The molecule has 1 heterocycles. The highest BCUT2D eigenvalue weighted by Crippen LogP contribution is 2.29. The number of carbonyl (C=O) groups excluding carboxylic acids is 1. The zero-order valence-corrected chi connectivity index (χ0v) is 16.8. The van der Waals surface area contributed by atoms with Gasteiger partial charge in [-0.15, -0.1) is 0 Å². The number of carbonyl (C=O) groups is 1. The Morgan fingerprint density at radius 1 is 0.931 bits per heavy atom. The van der Waals surface area contributed by atoms with Gasteiger partial charge in [-0.2, -0.15) is 0 Å². The minimum atomic E-state index is -0.272. The summed E-state index contributed by atoms with van der Waals surface area (Å²) in [7, 11) is 0. The molecule has 0 bridgehead atoms. The van der Waals surface area contributed by atoms with Gasteiger partial charge in [-0.05, 0) is 61.2 Å². The maximum absolute atomic E-state index is 12.3. The van der Waals surface area contributed by atoms with E-state index in [4.69, 9.17) is 9.47 Å². The van der Waals surface area contributed by atoms with Crippen molar-refractivity contribution in [3.63, 3.8) is 0 Å². The fourth-order valence-corrected chi connectivity index (χ4v) is 2.82. The molecule has 0 unspecified atom stereocenters. The van der Waals surface area contributed by atoms with E-state index in [2.05, 4.69) is 4.98 Å². The topological polar surface area (TPSA) is 48.4 Å². The van der Waals surface area contributed by atoms with E-state index in [1.807, 2.05) is 74.5 Å². The zero-order valence-electron chi connectivity index (χ0n) is 16.8. The normalized spacial score (nSPS) is 10.8. The Balaban J connectivity index is 1.65. The lowest BCUT2D eigenvalue weighted by Crippen LogP contribution is -2.10. The van der Waals surface area contributed by atoms with Crippen molar-refractivity contribution in [3.05, 3.63) is 89.2 Å². The Morgan fingerprint density at radius 3 is 2.38 bits per heavy atom. The quantitative estimate of drug-likeness (QED) is 0.378. The van der Waals surface area contributed by atoms with Crippen LogP contribution < -0.4 is 9.47 Å². The van der Waals surface area contributed by atoms with Crippen LogP contribution in [0.2, 0.25) is 0 Å². The van der Waals surface area contributed by atoms with E-state index in [9.17, 15) is 4.79 Å². The summed E-state index contributed by atoms with van der Waals surface area (Å²) in [6.07, 6.45) is 8.46. The molecule has 4 nitrogen and oxygen atoms in total. The second kappa shape index (κ2) is 10.2. The van der Waals surface area contributed by atoms with E-state index in [-0.39, 0.29) is 5.97 Å². The second-order valence-electron chi connectivity index (χ2n) is 6.71. The lowest BCUT2D eigenvalue weighted by molar-refractivity contribution is -0.134. The van der Waals surface area contributed by atoms with Crippen LogP contribution in [0.3, 0.4) is 0 Å². The van der Waals surface area contributed by atoms with Gasteiger partial charge in [0.15, 0.2) is 11.5 Å². The first kappa shape index (κ1) is 20.3. The lowest BCUT2D eigenvalue weighted by atomic mass is 10.1. The number of aryl methyl sites for hydroxylation is 2. The molecule has 3 rings (SSSR count). The van der Waals surface area contributed by atoms with E-state index < -0.39 is 0 Å². The number of benzene rings is 2. The summed E-state index contributed by atoms with van der Waals surface area (Å²) in [5.74, 6) is 0.737. The first-order chi connectivity index (χ1) is 14.1. The summed E-state index contributed by atoms with van der Waals surface area (Å²) in [5, 5.41) is 0. The third kappa shape index (κ3) is 6.32. The minimum absolute atomic E-state index is 0.272. The number of pyridine rings is 1. The Bertz CT molecular complexity index is 963. The number of hydrogen-bond acceptors (Lipinski definition) is 4. The monoisotopic (exact) mass is 387 g/mol. The molecule has 0 radical (unpaired) electrons. The van der Waals surface area contributed by atoms with Crippen LogP contribution in [0.25, 0.3) is 12.2 Å². The molecule has 1 aromatic heterocycles. The lowest BCUT2D eigenvalue weighted by Gasteiger charge is -2.11. The van der Waals surface area contributed by atoms with Gasteiger partial charge >= 0.3 is 5.97 Å². The molecule has 29 heavy (non-hydrogen) atoms. The molecule has 0 fully saturated rings. The molecule has 0 spiro atoms. The van der Waals surface area contributed by atoms with Crippen LogP contribution in [0.15, 0.2) is 67.0 Å². The maximum atomic E-state index is 12.3. The van der Waals surface area contributed by atoms with Crippen LogP contribution in [-0.2, 0) is 11.2 Å². The van der Waals surface area contributed by atoms with Gasteiger partial charge in [-0.25, -0.2) is 0 Å². The first-order valence-electron chi connectivity index (χ1n) is 9.75. The molecule has 0 N–H and O–H groups in total. The molecule has 0 aliphatic heterocycles. The van der Waals surface area contributed by atoms with Crippen molar-refractivity contribution in [1.29, 1.82) is 0 Å². The number of ether oxygens (including phenoxy) is 2. The molecule has 3 aromatic rings. The Morgan fingerprint density at radius 2 is 1.66 bits per heavy atom. The third-order valence-corrected chi connectivity index (χ3v) is 4.40. The van der Waals surface area contributed by atoms with Gasteiger partial charge in [0, 0.05) is 18.8 Å². The summed E-state index contributed by atoms with van der Waals surface area (Å²) in [5.41, 5.74) is 4.35. The predicted molar refractivity (Wildman–Crippen MR) is 116 cm³/mol. The Hall–Kier alpha value is -3.40. The van der Waals surface area contributed by atoms with Crippen molar-refractivity contribution in [2.24, 2.45) is 0 Å². The van der Waals surface area contributed by atoms with Crippen LogP contribution in [0.1, 0.15) is 35.6 Å². The molecular weight excluding hydrogens is 362 g/mol. The number of aromatic nitrogens is 1. The van der Waals surface area contributed by atoms with Crippen molar-refractivity contribution in [2.75, 3.05) is 6.61 Å². The SMILES string of the molecule is CCOc1cc(/C=C/c2ccncc2)ccc1OC(=O)CCc1ccc(C)cc1. The summed E-state index contributed by atoms with van der Waals surface area (Å²) in [6, 6.07) is 17.6. The summed E-state index contributed by atoms with van der Waals surface area (Å²) < 4.78 is 11.3. The van der Waals surface area contributed by atoms with E-state index in [0.29, 0.717) is 30.9 Å². The average molecular weight is 387 g/mol. The van der Waals surface area contributed by atoms with Gasteiger partial charge in [0.25, 0.3) is 0 Å². The zero-order chi connectivity index (χ0) is 20.5. The van der Waals surface area contributed by atoms with Crippen molar-refractivity contribution in [1.82, 2.24) is 4.98 Å². The molecule has 0 aliphatic rings. The van der Waals surface area contributed by atoms with Gasteiger partial charge in [0.1, 0.15) is 0 Å². The van der Waals surface area contributed by atoms with Gasteiger partial charge in [0.05, 0.1) is 6.61 Å². The summed E-state index contributed by atoms with van der Waals surface area (Å²) in [6.45, 7) is 4.44. The van der Waals surface area contributed by atoms with Gasteiger partial charge in [-0.1, -0.05) is 48.0 Å². The fraction of sp³-hybridized carbons (Fsp3) is 0.200. The van der Waals surface area contributed by atoms with Crippen molar-refractivity contribution < 1.29 is 14.3 Å². The molecule has 0 aliphatic carbocycles. The Labute approximate surface area is 171 Å². The van der Waals surface area contributed by atoms with Crippen LogP contribution in [0.4, 0.5) is 0 Å². The standard InChI is InChI=1S/C25H25NO3/c1-3-28-24-18-22(9-8-21-14-16-26-17-15-21)10-12-23(24)29-25(27)13-11-20-6-4-19(2)5-7-20/h4-10,12,14-18H,3,11,13H2,1-2H3/b9-8+. The van der Waals surface area contributed by atoms with Gasteiger partial charge in [0.2, 0.25) is 0 Å². The molecule has 0 amide bonds. The van der Waals surface area contributed by atoms with E-state index in [1.165, 1.54) is 5.56 Å². The van der Waals surface area contributed by atoms with Crippen LogP contribution in [0, 0.1) is 6.92 Å². The number of hydrogen-bond donors (Lipinski definition) is 0. The molecule has 0 saturated carbocycles. The van der Waals surface area contributed by atoms with E-state index in [0.717, 1.165) is 16.7 Å². The highest BCUT2D eigenvalue weighted by molar-refractivity contribution is 5.75. The third-order valence-electron chi connectivity index (χ3n) is 4.40. The smallest absolute Gasteiger partial charge is 0.311 e. The van der Waals surface area contributed by atoms with Crippen LogP contribution in [0.5, 0.6) is 11.5 Å². The maximum Gasteiger partial charge on any atom is 0.311 e. The molecule has 148 valence electrons.